The Bertz CT molecular complexity index is 1280. The fourth-order valence-electron chi connectivity index (χ4n) is 3.63. The van der Waals surface area contributed by atoms with Crippen molar-refractivity contribution in [3.8, 4) is 11.3 Å². The molecule has 0 saturated carbocycles. The van der Waals surface area contributed by atoms with E-state index in [4.69, 9.17) is 4.74 Å². The van der Waals surface area contributed by atoms with Gasteiger partial charge in [-0.2, -0.15) is 10.1 Å². The van der Waals surface area contributed by atoms with Gasteiger partial charge in [-0.15, -0.1) is 0 Å². The maximum Gasteiger partial charge on any atom is 0.228 e. The second-order valence-corrected chi connectivity index (χ2v) is 7.43. The van der Waals surface area contributed by atoms with Crippen molar-refractivity contribution in [2.75, 3.05) is 24.6 Å². The van der Waals surface area contributed by atoms with Crippen LogP contribution in [0.1, 0.15) is 17.4 Å². The predicted octanol–water partition coefficient (Wildman–Crippen LogP) is 2.98. The molecule has 0 bridgehead atoms. The van der Waals surface area contributed by atoms with Crippen molar-refractivity contribution < 1.29 is 13.5 Å². The van der Waals surface area contributed by atoms with Gasteiger partial charge in [0.2, 0.25) is 5.95 Å². The van der Waals surface area contributed by atoms with Gasteiger partial charge in [-0.3, -0.25) is 4.68 Å². The van der Waals surface area contributed by atoms with Crippen molar-refractivity contribution >= 4 is 17.1 Å². The second-order valence-electron chi connectivity index (χ2n) is 7.43. The van der Waals surface area contributed by atoms with Gasteiger partial charge in [0, 0.05) is 43.2 Å². The van der Waals surface area contributed by atoms with Crippen LogP contribution in [0.15, 0.2) is 36.8 Å². The van der Waals surface area contributed by atoms with Crippen molar-refractivity contribution in [3.05, 3.63) is 59.7 Å². The lowest BCUT2D eigenvalue weighted by Crippen LogP contribution is -2.39. The van der Waals surface area contributed by atoms with Crippen molar-refractivity contribution in [1.82, 2.24) is 29.7 Å². The number of nitrogens with zero attached hydrogens (tertiary/aromatic N) is 7. The molecule has 0 N–H and O–H groups in total. The zero-order valence-corrected chi connectivity index (χ0v) is 17.0. The minimum absolute atomic E-state index is 0.144. The topological polar surface area (TPSA) is 81.9 Å². The summed E-state index contributed by atoms with van der Waals surface area (Å²) >= 11 is 0. The van der Waals surface area contributed by atoms with Gasteiger partial charge in [0.25, 0.3) is 0 Å². The summed E-state index contributed by atoms with van der Waals surface area (Å²) in [5, 5.41) is 4.21. The maximum absolute atomic E-state index is 14.6. The molecule has 10 heteroatoms. The Morgan fingerprint density at radius 2 is 2.00 bits per heavy atom. The van der Waals surface area contributed by atoms with Crippen molar-refractivity contribution in [1.29, 1.82) is 0 Å². The Morgan fingerprint density at radius 1 is 1.13 bits per heavy atom. The number of anilines is 1. The molecule has 4 aromatic rings. The van der Waals surface area contributed by atoms with Gasteiger partial charge in [-0.1, -0.05) is 0 Å². The quantitative estimate of drug-likeness (QED) is 0.501. The molecule has 1 saturated heterocycles. The lowest BCUT2D eigenvalue weighted by Gasteiger charge is -2.32. The monoisotopic (exact) mass is 423 g/mol. The average Bonchev–Trinajstić information content (AvgIpc) is 3.19. The molecule has 31 heavy (non-hydrogen) atoms. The number of morpholine rings is 1. The van der Waals surface area contributed by atoms with Crippen LogP contribution in [0.3, 0.4) is 0 Å². The van der Waals surface area contributed by atoms with Gasteiger partial charge < -0.3 is 9.64 Å². The van der Waals surface area contributed by atoms with E-state index in [0.29, 0.717) is 42.5 Å². The van der Waals surface area contributed by atoms with Crippen LogP contribution in [0.25, 0.3) is 22.4 Å². The van der Waals surface area contributed by atoms with Crippen LogP contribution < -0.4 is 4.90 Å². The summed E-state index contributed by atoms with van der Waals surface area (Å²) in [6.45, 7) is 3.34. The third kappa shape index (κ3) is 3.70. The highest BCUT2D eigenvalue weighted by Gasteiger charge is 2.26. The normalized spacial score (nSPS) is 16.8. The second kappa shape index (κ2) is 7.62. The third-order valence-electron chi connectivity index (χ3n) is 5.15. The van der Waals surface area contributed by atoms with Gasteiger partial charge in [-0.25, -0.2) is 23.7 Å². The third-order valence-corrected chi connectivity index (χ3v) is 5.15. The zero-order valence-electron chi connectivity index (χ0n) is 17.0. The molecule has 1 aliphatic heterocycles. The molecule has 0 amide bonds. The van der Waals surface area contributed by atoms with Crippen LogP contribution in [-0.4, -0.2) is 49.4 Å². The SMILES string of the molecule is Cc1cnc2c(-c3ccc(F)cc3F)nc(N3CCOC(c4cnn(C)c4)C3)nc2n1. The molecule has 1 fully saturated rings. The van der Waals surface area contributed by atoms with Gasteiger partial charge in [-0.05, 0) is 19.1 Å². The molecular formula is C21H19F2N7O. The lowest BCUT2D eigenvalue weighted by atomic mass is 10.1. The molecule has 0 radical (unpaired) electrons. The highest BCUT2D eigenvalue weighted by atomic mass is 19.1. The first-order chi connectivity index (χ1) is 15.0. The number of hydrogen-bond acceptors (Lipinski definition) is 7. The molecule has 8 nitrogen and oxygen atoms in total. The Balaban J connectivity index is 1.60. The van der Waals surface area contributed by atoms with Crippen LogP contribution in [0.4, 0.5) is 14.7 Å². The molecule has 3 aromatic heterocycles. The Morgan fingerprint density at radius 3 is 2.77 bits per heavy atom. The largest absolute Gasteiger partial charge is 0.370 e. The molecule has 1 atom stereocenters. The highest BCUT2D eigenvalue weighted by Crippen LogP contribution is 2.30. The molecular weight excluding hydrogens is 404 g/mol. The first-order valence-electron chi connectivity index (χ1n) is 9.80. The predicted molar refractivity (Wildman–Crippen MR) is 109 cm³/mol. The van der Waals surface area contributed by atoms with E-state index in [-0.39, 0.29) is 17.4 Å². The highest BCUT2D eigenvalue weighted by molar-refractivity contribution is 5.88. The van der Waals surface area contributed by atoms with E-state index in [9.17, 15) is 8.78 Å². The fraction of sp³-hybridized carbons (Fsp3) is 0.286. The number of ether oxygens (including phenoxy) is 1. The van der Waals surface area contributed by atoms with E-state index in [1.54, 1.807) is 24.0 Å². The van der Waals surface area contributed by atoms with E-state index < -0.39 is 11.6 Å². The smallest absolute Gasteiger partial charge is 0.228 e. The summed E-state index contributed by atoms with van der Waals surface area (Å²) in [6.07, 6.45) is 5.05. The fourth-order valence-corrected chi connectivity index (χ4v) is 3.63. The molecule has 5 rings (SSSR count). The lowest BCUT2D eigenvalue weighted by molar-refractivity contribution is 0.0392. The molecule has 1 aromatic carbocycles. The Kier molecular flexibility index (Phi) is 4.78. The standard InChI is InChI=1S/C21H19F2N7O/c1-12-8-24-19-18(15-4-3-14(22)7-16(15)23)27-21(28-20(19)26-12)30-5-6-31-17(11-30)13-9-25-29(2)10-13/h3-4,7-10,17H,5-6,11H2,1-2H3. The summed E-state index contributed by atoms with van der Waals surface area (Å²) in [6, 6.07) is 3.38. The number of aryl methyl sites for hydroxylation is 2. The van der Waals surface area contributed by atoms with Crippen LogP contribution in [-0.2, 0) is 11.8 Å². The van der Waals surface area contributed by atoms with E-state index in [1.165, 1.54) is 12.1 Å². The molecule has 158 valence electrons. The number of benzene rings is 1. The van der Waals surface area contributed by atoms with Gasteiger partial charge in [0.05, 0.1) is 25.0 Å². The van der Waals surface area contributed by atoms with Crippen LogP contribution >= 0.6 is 0 Å². The summed E-state index contributed by atoms with van der Waals surface area (Å²) in [7, 11) is 1.85. The number of fused-ring (bicyclic) bond motifs is 1. The van der Waals surface area contributed by atoms with E-state index in [1.807, 2.05) is 18.1 Å². The van der Waals surface area contributed by atoms with E-state index >= 15 is 0 Å². The van der Waals surface area contributed by atoms with E-state index in [0.717, 1.165) is 11.6 Å². The Hall–Kier alpha value is -3.53. The van der Waals surface area contributed by atoms with Gasteiger partial charge in [0.15, 0.2) is 5.65 Å². The number of halogens is 2. The average molecular weight is 423 g/mol. The van der Waals surface area contributed by atoms with Crippen molar-refractivity contribution in [2.45, 2.75) is 13.0 Å². The van der Waals surface area contributed by atoms with Crippen molar-refractivity contribution in [2.24, 2.45) is 7.05 Å². The minimum atomic E-state index is -0.719. The molecule has 1 unspecified atom stereocenters. The van der Waals surface area contributed by atoms with Gasteiger partial charge >= 0.3 is 0 Å². The molecule has 4 heterocycles. The minimum Gasteiger partial charge on any atom is -0.370 e. The van der Waals surface area contributed by atoms with Gasteiger partial charge in [0.1, 0.15) is 28.9 Å². The molecule has 0 spiro atoms. The number of aromatic nitrogens is 6. The van der Waals surface area contributed by atoms with Crippen LogP contribution in [0, 0.1) is 18.6 Å². The number of hydrogen-bond donors (Lipinski definition) is 0. The van der Waals surface area contributed by atoms with Crippen LogP contribution in [0.2, 0.25) is 0 Å². The van der Waals surface area contributed by atoms with Crippen LogP contribution in [0.5, 0.6) is 0 Å². The Labute approximate surface area is 176 Å². The molecule has 1 aliphatic rings. The van der Waals surface area contributed by atoms with Crippen molar-refractivity contribution in [3.63, 3.8) is 0 Å². The van der Waals surface area contributed by atoms with E-state index in [2.05, 4.69) is 25.0 Å². The summed E-state index contributed by atoms with van der Waals surface area (Å²) in [5.74, 6) is -0.985. The zero-order chi connectivity index (χ0) is 21.5. The first kappa shape index (κ1) is 19.4. The first-order valence-corrected chi connectivity index (χ1v) is 9.80. The summed E-state index contributed by atoms with van der Waals surface area (Å²) in [5.41, 5.74) is 2.76. The summed E-state index contributed by atoms with van der Waals surface area (Å²) < 4.78 is 35.7. The maximum atomic E-state index is 14.6. The molecule has 0 aliphatic carbocycles. The summed E-state index contributed by atoms with van der Waals surface area (Å²) in [4.78, 5) is 20.0. The number of rotatable bonds is 3.